The Balaban J connectivity index is 1.62. The van der Waals surface area contributed by atoms with E-state index in [9.17, 15) is 19.1 Å². The predicted molar refractivity (Wildman–Crippen MR) is 134 cm³/mol. The van der Waals surface area contributed by atoms with Crippen LogP contribution in [0.1, 0.15) is 51.5 Å². The summed E-state index contributed by atoms with van der Waals surface area (Å²) in [5.41, 5.74) is 3.80. The highest BCUT2D eigenvalue weighted by atomic mass is 19.1. The zero-order valence-corrected chi connectivity index (χ0v) is 20.8. The molecular formula is C27H32FN3O5. The molecule has 1 amide bonds. The zero-order chi connectivity index (χ0) is 25.8. The molecule has 0 aliphatic carbocycles. The van der Waals surface area contributed by atoms with E-state index in [0.29, 0.717) is 55.5 Å². The normalized spacial score (nSPS) is 17.9. The number of carbonyl (C=O) groups is 1. The van der Waals surface area contributed by atoms with Crippen molar-refractivity contribution < 1.29 is 23.8 Å². The van der Waals surface area contributed by atoms with Gasteiger partial charge in [-0.3, -0.25) is 14.2 Å². The largest absolute Gasteiger partial charge is 0.389 e. The van der Waals surface area contributed by atoms with E-state index in [1.54, 1.807) is 13.2 Å². The van der Waals surface area contributed by atoms with E-state index in [1.807, 2.05) is 19.9 Å². The number of nitrogens with zero attached hydrogens (tertiary/aromatic N) is 2. The lowest BCUT2D eigenvalue weighted by Gasteiger charge is -2.29. The van der Waals surface area contributed by atoms with Crippen LogP contribution in [0.4, 0.5) is 4.39 Å². The Bertz CT molecular complexity index is 1320. The van der Waals surface area contributed by atoms with Gasteiger partial charge in [0.2, 0.25) is 0 Å². The van der Waals surface area contributed by atoms with Gasteiger partial charge in [0.05, 0.1) is 41.5 Å². The first-order valence-corrected chi connectivity index (χ1v) is 12.1. The van der Waals surface area contributed by atoms with Crippen LogP contribution in [-0.4, -0.2) is 60.1 Å². The molecule has 4 rings (SSSR count). The number of aryl methyl sites for hydroxylation is 1. The Hall–Kier alpha value is -3.14. The lowest BCUT2D eigenvalue weighted by molar-refractivity contribution is -0.0395. The third kappa shape index (κ3) is 5.33. The van der Waals surface area contributed by atoms with Gasteiger partial charge in [0.1, 0.15) is 5.82 Å². The third-order valence-corrected chi connectivity index (χ3v) is 6.88. The SMILES string of the molecule is COCCCNC(=O)c1ccc(Cc2cc3c(=O)n(C4CCOCC4O)cnc3c(C)c2C)cc1F. The molecule has 2 atom stereocenters. The number of ether oxygens (including phenoxy) is 2. The van der Waals surface area contributed by atoms with E-state index < -0.39 is 23.9 Å². The number of hydrogen-bond acceptors (Lipinski definition) is 6. The molecule has 0 bridgehead atoms. The standard InChI is InChI=1S/C27H32FN3O5/c1-16-17(2)25-21(27(34)31(15-30-25)23-7-10-36-14-24(23)32)13-19(16)11-18-5-6-20(22(28)12-18)26(33)29-8-4-9-35-3/h5-6,12-13,15,23-24,32H,4,7-11,14H2,1-3H3,(H,29,33). The molecule has 1 fully saturated rings. The maximum atomic E-state index is 14.8. The summed E-state index contributed by atoms with van der Waals surface area (Å²) in [6.07, 6.45) is 2.29. The third-order valence-electron chi connectivity index (χ3n) is 6.88. The van der Waals surface area contributed by atoms with Gasteiger partial charge in [-0.1, -0.05) is 6.07 Å². The molecule has 1 aliphatic rings. The Morgan fingerprint density at radius 3 is 2.83 bits per heavy atom. The van der Waals surface area contributed by atoms with Gasteiger partial charge >= 0.3 is 0 Å². The Kier molecular flexibility index (Phi) is 8.13. The van der Waals surface area contributed by atoms with Gasteiger partial charge in [0.15, 0.2) is 0 Å². The van der Waals surface area contributed by atoms with E-state index in [1.165, 1.54) is 23.0 Å². The van der Waals surface area contributed by atoms with Crippen LogP contribution < -0.4 is 10.9 Å². The first kappa shape index (κ1) is 25.9. The van der Waals surface area contributed by atoms with Crippen LogP contribution in [-0.2, 0) is 15.9 Å². The van der Waals surface area contributed by atoms with Crippen LogP contribution >= 0.6 is 0 Å². The molecular weight excluding hydrogens is 465 g/mol. The predicted octanol–water partition coefficient (Wildman–Crippen LogP) is 2.83. The van der Waals surface area contributed by atoms with Crippen molar-refractivity contribution in [2.75, 3.05) is 33.5 Å². The fraction of sp³-hybridized carbons (Fsp3) is 0.444. The van der Waals surface area contributed by atoms with E-state index in [0.717, 1.165) is 16.7 Å². The second kappa shape index (κ2) is 11.3. The molecule has 2 unspecified atom stereocenters. The van der Waals surface area contributed by atoms with Crippen molar-refractivity contribution in [2.45, 2.75) is 45.3 Å². The fourth-order valence-corrected chi connectivity index (χ4v) is 4.65. The van der Waals surface area contributed by atoms with Crippen molar-refractivity contribution in [3.05, 3.63) is 74.6 Å². The number of methoxy groups -OCH3 is 1. The second-order valence-corrected chi connectivity index (χ2v) is 9.23. The number of aliphatic hydroxyl groups is 1. The van der Waals surface area contributed by atoms with Crippen LogP contribution in [0.2, 0.25) is 0 Å². The monoisotopic (exact) mass is 497 g/mol. The number of carbonyl (C=O) groups excluding carboxylic acids is 1. The Labute approximate surface area is 209 Å². The Morgan fingerprint density at radius 1 is 1.31 bits per heavy atom. The van der Waals surface area contributed by atoms with E-state index >= 15 is 0 Å². The van der Waals surface area contributed by atoms with E-state index in [-0.39, 0.29) is 17.7 Å². The number of halogens is 1. The van der Waals surface area contributed by atoms with Gasteiger partial charge in [-0.2, -0.15) is 0 Å². The molecule has 9 heteroatoms. The quantitative estimate of drug-likeness (QED) is 0.464. The van der Waals surface area contributed by atoms with Gasteiger partial charge in [-0.05, 0) is 73.6 Å². The average Bonchev–Trinajstić information content (AvgIpc) is 2.86. The summed E-state index contributed by atoms with van der Waals surface area (Å²) in [6.45, 7) is 5.44. The molecule has 1 saturated heterocycles. The zero-order valence-electron chi connectivity index (χ0n) is 20.8. The molecule has 1 aromatic heterocycles. The van der Waals surface area contributed by atoms with Gasteiger partial charge in [-0.25, -0.2) is 9.37 Å². The van der Waals surface area contributed by atoms with E-state index in [2.05, 4.69) is 10.3 Å². The van der Waals surface area contributed by atoms with Gasteiger partial charge in [-0.15, -0.1) is 0 Å². The molecule has 2 aromatic carbocycles. The molecule has 1 aliphatic heterocycles. The number of aliphatic hydroxyl groups excluding tert-OH is 1. The minimum atomic E-state index is -0.777. The lowest BCUT2D eigenvalue weighted by atomic mass is 9.94. The van der Waals surface area contributed by atoms with Crippen molar-refractivity contribution in [2.24, 2.45) is 0 Å². The number of aromatic nitrogens is 2. The van der Waals surface area contributed by atoms with Crippen LogP contribution in [0, 0.1) is 19.7 Å². The van der Waals surface area contributed by atoms with Gasteiger partial charge < -0.3 is 19.9 Å². The van der Waals surface area contributed by atoms with Gasteiger partial charge in [0.25, 0.3) is 11.5 Å². The molecule has 2 N–H and O–H groups in total. The van der Waals surface area contributed by atoms with Crippen molar-refractivity contribution in [3.8, 4) is 0 Å². The van der Waals surface area contributed by atoms with Crippen molar-refractivity contribution >= 4 is 16.8 Å². The summed E-state index contributed by atoms with van der Waals surface area (Å²) in [5.74, 6) is -1.06. The maximum absolute atomic E-state index is 14.8. The number of amides is 1. The number of benzene rings is 2. The summed E-state index contributed by atoms with van der Waals surface area (Å²) in [5, 5.41) is 13.5. The maximum Gasteiger partial charge on any atom is 0.261 e. The molecule has 0 radical (unpaired) electrons. The molecule has 3 aromatic rings. The van der Waals surface area contributed by atoms with Crippen molar-refractivity contribution in [1.82, 2.24) is 14.9 Å². The minimum absolute atomic E-state index is 0.00955. The highest BCUT2D eigenvalue weighted by Crippen LogP contribution is 2.26. The first-order valence-electron chi connectivity index (χ1n) is 12.1. The van der Waals surface area contributed by atoms with Crippen LogP contribution in [0.25, 0.3) is 10.9 Å². The molecule has 192 valence electrons. The number of rotatable bonds is 8. The molecule has 0 spiro atoms. The molecule has 8 nitrogen and oxygen atoms in total. The summed E-state index contributed by atoms with van der Waals surface area (Å²) in [4.78, 5) is 30.2. The number of hydrogen-bond donors (Lipinski definition) is 2. The first-order chi connectivity index (χ1) is 17.3. The average molecular weight is 498 g/mol. The molecule has 0 saturated carbocycles. The van der Waals surface area contributed by atoms with Crippen LogP contribution in [0.3, 0.4) is 0 Å². The van der Waals surface area contributed by atoms with Crippen LogP contribution in [0.5, 0.6) is 0 Å². The summed E-state index contributed by atoms with van der Waals surface area (Å²) >= 11 is 0. The van der Waals surface area contributed by atoms with Gasteiger partial charge in [0, 0.05) is 26.9 Å². The van der Waals surface area contributed by atoms with Crippen LogP contribution in [0.15, 0.2) is 35.4 Å². The highest BCUT2D eigenvalue weighted by molar-refractivity contribution is 5.94. The number of fused-ring (bicyclic) bond motifs is 1. The van der Waals surface area contributed by atoms with Crippen molar-refractivity contribution in [1.29, 1.82) is 0 Å². The van der Waals surface area contributed by atoms with Crippen molar-refractivity contribution in [3.63, 3.8) is 0 Å². The fourth-order valence-electron chi connectivity index (χ4n) is 4.65. The lowest BCUT2D eigenvalue weighted by Crippen LogP contribution is -2.39. The number of nitrogens with one attached hydrogen (secondary N) is 1. The summed E-state index contributed by atoms with van der Waals surface area (Å²) < 4.78 is 26.5. The smallest absolute Gasteiger partial charge is 0.261 e. The summed E-state index contributed by atoms with van der Waals surface area (Å²) in [6, 6.07) is 5.99. The van der Waals surface area contributed by atoms with E-state index in [4.69, 9.17) is 9.47 Å². The second-order valence-electron chi connectivity index (χ2n) is 9.23. The molecule has 36 heavy (non-hydrogen) atoms. The topological polar surface area (TPSA) is 103 Å². The Morgan fingerprint density at radius 2 is 2.11 bits per heavy atom. The molecule has 2 heterocycles. The highest BCUT2D eigenvalue weighted by Gasteiger charge is 2.27. The summed E-state index contributed by atoms with van der Waals surface area (Å²) in [7, 11) is 1.59. The minimum Gasteiger partial charge on any atom is -0.389 e.